The summed E-state index contributed by atoms with van der Waals surface area (Å²) in [6.45, 7) is 6.22. The molecule has 0 fully saturated rings. The second-order valence-corrected chi connectivity index (χ2v) is 10.5. The van der Waals surface area contributed by atoms with Crippen LogP contribution in [0.1, 0.15) is 113 Å². The van der Waals surface area contributed by atoms with Gasteiger partial charge in [-0.1, -0.05) is 109 Å². The van der Waals surface area contributed by atoms with Crippen molar-refractivity contribution in [2.24, 2.45) is 0 Å². The molecule has 0 aromatic heterocycles. The van der Waals surface area contributed by atoms with Crippen molar-refractivity contribution in [1.82, 2.24) is 9.80 Å². The normalized spacial score (nSPS) is 13.9. The summed E-state index contributed by atoms with van der Waals surface area (Å²) in [6.07, 6.45) is 22.6. The van der Waals surface area contributed by atoms with Gasteiger partial charge in [-0.25, -0.2) is 4.79 Å². The van der Waals surface area contributed by atoms with Gasteiger partial charge in [0, 0.05) is 39.7 Å². The Balaban J connectivity index is 1.48. The van der Waals surface area contributed by atoms with Gasteiger partial charge < -0.3 is 24.0 Å². The molecule has 1 aromatic rings. The predicted octanol–water partition coefficient (Wildman–Crippen LogP) is 7.69. The molecule has 1 aromatic carbocycles. The van der Waals surface area contributed by atoms with E-state index in [9.17, 15) is 4.79 Å². The van der Waals surface area contributed by atoms with Gasteiger partial charge in [0.05, 0.1) is 12.2 Å². The summed E-state index contributed by atoms with van der Waals surface area (Å²) in [4.78, 5) is 16.8. The first-order valence-electron chi connectivity index (χ1n) is 15.0. The van der Waals surface area contributed by atoms with E-state index in [1.165, 1.54) is 83.5 Å². The summed E-state index contributed by atoms with van der Waals surface area (Å²) < 4.78 is 16.9. The number of hydrogen-bond donors (Lipinski definition) is 0. The van der Waals surface area contributed by atoms with Gasteiger partial charge >= 0.3 is 5.97 Å². The molecule has 1 radical (unpaired) electrons. The molecule has 0 aliphatic carbocycles. The van der Waals surface area contributed by atoms with Crippen molar-refractivity contribution in [3.8, 4) is 0 Å². The van der Waals surface area contributed by atoms with Crippen LogP contribution in [0.2, 0.25) is 0 Å². The summed E-state index contributed by atoms with van der Waals surface area (Å²) in [6, 6.07) is 7.58. The Morgan fingerprint density at radius 1 is 0.816 bits per heavy atom. The van der Waals surface area contributed by atoms with Gasteiger partial charge in [-0.15, -0.1) is 0 Å². The van der Waals surface area contributed by atoms with Gasteiger partial charge in [0.25, 0.3) is 0 Å². The first kappa shape index (κ1) is 32.2. The van der Waals surface area contributed by atoms with Crippen LogP contribution in [-0.2, 0) is 20.8 Å². The van der Waals surface area contributed by atoms with E-state index in [2.05, 4.69) is 6.92 Å². The third-order valence-electron chi connectivity index (χ3n) is 7.09. The zero-order valence-corrected chi connectivity index (χ0v) is 24.4. The smallest absolute Gasteiger partial charge is 0.338 e. The minimum atomic E-state index is -0.328. The van der Waals surface area contributed by atoms with Gasteiger partial charge in [-0.2, -0.15) is 0 Å². The van der Waals surface area contributed by atoms with Crippen molar-refractivity contribution in [1.29, 1.82) is 0 Å². The lowest BCUT2D eigenvalue weighted by Crippen LogP contribution is -2.27. The number of ether oxygens (including phenoxy) is 3. The number of benzene rings is 1. The SMILES string of the molecule is CCCCCCCCCCCCCCCCOCC(COC(=O)c1ccccc1CN1[CH]N(C)C=C1)OC. The molecule has 0 spiro atoms. The van der Waals surface area contributed by atoms with E-state index in [1.54, 1.807) is 7.11 Å². The Kier molecular flexibility index (Phi) is 17.7. The summed E-state index contributed by atoms with van der Waals surface area (Å²) >= 11 is 0. The summed E-state index contributed by atoms with van der Waals surface area (Å²) in [5, 5.41) is 0. The third-order valence-corrected chi connectivity index (χ3v) is 7.09. The first-order valence-corrected chi connectivity index (χ1v) is 15.0. The molecule has 0 saturated heterocycles. The molecule has 215 valence electrons. The first-order chi connectivity index (χ1) is 18.6. The van der Waals surface area contributed by atoms with Crippen LogP contribution >= 0.6 is 0 Å². The Morgan fingerprint density at radius 2 is 1.42 bits per heavy atom. The number of hydrogen-bond acceptors (Lipinski definition) is 6. The van der Waals surface area contributed by atoms with Gasteiger partial charge in [-0.3, -0.25) is 0 Å². The molecule has 2 rings (SSSR count). The molecule has 38 heavy (non-hydrogen) atoms. The number of methoxy groups -OCH3 is 1. The van der Waals surface area contributed by atoms with Crippen LogP contribution < -0.4 is 0 Å². The second kappa shape index (κ2) is 20.9. The largest absolute Gasteiger partial charge is 0.459 e. The highest BCUT2D eigenvalue weighted by Gasteiger charge is 2.18. The fourth-order valence-electron chi connectivity index (χ4n) is 4.69. The highest BCUT2D eigenvalue weighted by Crippen LogP contribution is 2.18. The van der Waals surface area contributed by atoms with Crippen LogP contribution in [0.4, 0.5) is 0 Å². The van der Waals surface area contributed by atoms with Crippen LogP contribution in [0.5, 0.6) is 0 Å². The van der Waals surface area contributed by atoms with E-state index < -0.39 is 0 Å². The number of rotatable bonds is 23. The van der Waals surface area contributed by atoms with Crippen LogP contribution in [0.15, 0.2) is 36.7 Å². The number of carbonyl (C=O) groups excluding carboxylic acids is 1. The van der Waals surface area contributed by atoms with Crippen LogP contribution in [0, 0.1) is 6.67 Å². The van der Waals surface area contributed by atoms with Crippen molar-refractivity contribution < 1.29 is 19.0 Å². The lowest BCUT2D eigenvalue weighted by Gasteiger charge is -2.19. The Labute approximate surface area is 232 Å². The van der Waals surface area contributed by atoms with Gasteiger partial charge in [0.2, 0.25) is 0 Å². The number of esters is 1. The zero-order chi connectivity index (χ0) is 27.3. The molecule has 0 bridgehead atoms. The maximum absolute atomic E-state index is 12.8. The molecule has 1 heterocycles. The van der Waals surface area contributed by atoms with Crippen molar-refractivity contribution in [3.63, 3.8) is 0 Å². The molecular formula is C32H53N2O4. The van der Waals surface area contributed by atoms with E-state index in [0.29, 0.717) is 18.7 Å². The van der Waals surface area contributed by atoms with E-state index in [1.807, 2.05) is 60.2 Å². The van der Waals surface area contributed by atoms with E-state index in [-0.39, 0.29) is 18.7 Å². The fraction of sp³-hybridized carbons (Fsp3) is 0.688. The lowest BCUT2D eigenvalue weighted by atomic mass is 10.0. The van der Waals surface area contributed by atoms with E-state index >= 15 is 0 Å². The third kappa shape index (κ3) is 14.2. The maximum atomic E-state index is 12.8. The monoisotopic (exact) mass is 529 g/mol. The Hall–Kier alpha value is -2.05. The summed E-state index contributed by atoms with van der Waals surface area (Å²) in [5.74, 6) is -0.328. The number of nitrogens with zero attached hydrogens (tertiary/aromatic N) is 2. The fourth-order valence-corrected chi connectivity index (χ4v) is 4.69. The lowest BCUT2D eigenvalue weighted by molar-refractivity contribution is -0.0315. The highest BCUT2D eigenvalue weighted by atomic mass is 16.6. The van der Waals surface area contributed by atoms with Crippen LogP contribution in [-0.4, -0.2) is 55.9 Å². The van der Waals surface area contributed by atoms with Gasteiger partial charge in [0.1, 0.15) is 19.4 Å². The molecule has 0 N–H and O–H groups in total. The average molecular weight is 530 g/mol. The van der Waals surface area contributed by atoms with E-state index in [4.69, 9.17) is 14.2 Å². The molecule has 0 amide bonds. The van der Waals surface area contributed by atoms with Crippen molar-refractivity contribution in [3.05, 3.63) is 54.5 Å². The maximum Gasteiger partial charge on any atom is 0.338 e. The Bertz CT molecular complexity index is 770. The molecule has 0 saturated carbocycles. The molecule has 6 nitrogen and oxygen atoms in total. The number of carbonyl (C=O) groups is 1. The minimum absolute atomic E-state index is 0.181. The quantitative estimate of drug-likeness (QED) is 0.107. The summed E-state index contributed by atoms with van der Waals surface area (Å²) in [7, 11) is 3.61. The highest BCUT2D eigenvalue weighted by molar-refractivity contribution is 5.91. The molecule has 6 heteroatoms. The van der Waals surface area contributed by atoms with Crippen LogP contribution in [0.3, 0.4) is 0 Å². The Morgan fingerprint density at radius 3 is 2.00 bits per heavy atom. The summed E-state index contributed by atoms with van der Waals surface area (Å²) in [5.41, 5.74) is 1.51. The second-order valence-electron chi connectivity index (χ2n) is 10.5. The average Bonchev–Trinajstić information content (AvgIpc) is 3.34. The van der Waals surface area contributed by atoms with Crippen molar-refractivity contribution in [2.75, 3.05) is 34.0 Å². The van der Waals surface area contributed by atoms with Crippen LogP contribution in [0.25, 0.3) is 0 Å². The topological polar surface area (TPSA) is 51.2 Å². The van der Waals surface area contributed by atoms with Crippen molar-refractivity contribution >= 4 is 5.97 Å². The molecule has 1 aliphatic heterocycles. The molecule has 1 unspecified atom stereocenters. The van der Waals surface area contributed by atoms with E-state index in [0.717, 1.165) is 18.6 Å². The molecule has 1 atom stereocenters. The molecule has 1 aliphatic rings. The van der Waals surface area contributed by atoms with Gasteiger partial charge in [0.15, 0.2) is 0 Å². The zero-order valence-electron chi connectivity index (χ0n) is 24.4. The number of unbranched alkanes of at least 4 members (excludes halogenated alkanes) is 13. The predicted molar refractivity (Wildman–Crippen MR) is 155 cm³/mol. The van der Waals surface area contributed by atoms with Crippen molar-refractivity contribution in [2.45, 2.75) is 109 Å². The standard InChI is InChI=1S/C32H53N2O4/c1-4-5-6-7-8-9-10-11-12-13-14-15-16-19-24-37-26-30(36-3)27-38-32(35)31-21-18-17-20-29(31)25-34-23-22-33(2)28-34/h17-18,20-23,28,30H,4-16,19,24-27H2,1-3H3. The van der Waals surface area contributed by atoms with Gasteiger partial charge in [-0.05, 0) is 18.1 Å². The molecular weight excluding hydrogens is 476 g/mol. The minimum Gasteiger partial charge on any atom is -0.459 e.